The first-order valence-electron chi connectivity index (χ1n) is 6.13. The molecule has 2 heterocycles. The Morgan fingerprint density at radius 3 is 2.24 bits per heavy atom. The number of thiophene rings is 2. The second kappa shape index (κ2) is 4.79. The first kappa shape index (κ1) is 11.2. The average Bonchev–Trinajstić information content (AvgIpc) is 2.93. The third-order valence-corrected chi connectivity index (χ3v) is 5.47. The van der Waals surface area contributed by atoms with Gasteiger partial charge in [0.25, 0.3) is 0 Å². The quantitative estimate of drug-likeness (QED) is 0.564. The Kier molecular flexibility index (Phi) is 3.17. The average molecular weight is 260 g/mol. The Morgan fingerprint density at radius 2 is 1.53 bits per heavy atom. The molecule has 0 spiro atoms. The van der Waals surface area contributed by atoms with Gasteiger partial charge in [-0.15, -0.1) is 22.7 Å². The molecule has 0 saturated carbocycles. The van der Waals surface area contributed by atoms with Gasteiger partial charge in [0.05, 0.1) is 0 Å². The molecule has 0 aromatic carbocycles. The van der Waals surface area contributed by atoms with Crippen molar-refractivity contribution in [3.05, 3.63) is 45.7 Å². The van der Waals surface area contributed by atoms with Gasteiger partial charge in [-0.05, 0) is 66.6 Å². The van der Waals surface area contributed by atoms with Crippen molar-refractivity contribution in [1.82, 2.24) is 0 Å². The van der Waals surface area contributed by atoms with E-state index in [0.717, 1.165) is 0 Å². The number of allylic oxidation sites excluding steroid dienone is 2. The molecule has 0 fully saturated rings. The molecule has 1 aliphatic carbocycles. The van der Waals surface area contributed by atoms with Crippen LogP contribution in [-0.2, 0) is 12.8 Å². The fraction of sp³-hybridized carbons (Fsp3) is 0.333. The van der Waals surface area contributed by atoms with E-state index in [0.29, 0.717) is 0 Å². The van der Waals surface area contributed by atoms with Gasteiger partial charge in [-0.25, -0.2) is 0 Å². The molecule has 0 unspecified atom stereocenters. The van der Waals surface area contributed by atoms with Crippen LogP contribution in [0, 0.1) is 0 Å². The Labute approximate surface area is 111 Å². The maximum atomic E-state index is 2.42. The second-order valence-corrected chi connectivity index (χ2v) is 6.47. The molecule has 0 atom stereocenters. The van der Waals surface area contributed by atoms with E-state index in [1.54, 1.807) is 5.57 Å². The van der Waals surface area contributed by atoms with Crippen molar-refractivity contribution in [3.63, 3.8) is 0 Å². The van der Waals surface area contributed by atoms with Crippen LogP contribution < -0.4 is 0 Å². The number of aryl methyl sites for hydroxylation is 2. The zero-order valence-corrected chi connectivity index (χ0v) is 11.7. The van der Waals surface area contributed by atoms with Crippen LogP contribution in [0.2, 0.25) is 0 Å². The summed E-state index contributed by atoms with van der Waals surface area (Å²) in [5.41, 5.74) is 4.61. The van der Waals surface area contributed by atoms with Gasteiger partial charge >= 0.3 is 0 Å². The lowest BCUT2D eigenvalue weighted by Gasteiger charge is -2.08. The van der Waals surface area contributed by atoms with Crippen molar-refractivity contribution < 1.29 is 0 Å². The summed E-state index contributed by atoms with van der Waals surface area (Å²) in [6.45, 7) is 2.27. The van der Waals surface area contributed by atoms with Crippen molar-refractivity contribution in [1.29, 1.82) is 0 Å². The third-order valence-electron chi connectivity index (χ3n) is 3.39. The Hall–Kier alpha value is -0.860. The molecule has 17 heavy (non-hydrogen) atoms. The van der Waals surface area contributed by atoms with Gasteiger partial charge in [-0.3, -0.25) is 0 Å². The van der Waals surface area contributed by atoms with E-state index in [4.69, 9.17) is 0 Å². The summed E-state index contributed by atoms with van der Waals surface area (Å²) in [6.07, 6.45) is 7.20. The van der Waals surface area contributed by atoms with Crippen LogP contribution in [0.4, 0.5) is 0 Å². The topological polar surface area (TPSA) is 0 Å². The number of rotatable bonds is 0. The molecule has 2 heteroatoms. The van der Waals surface area contributed by atoms with E-state index >= 15 is 0 Å². The fourth-order valence-corrected chi connectivity index (χ4v) is 4.52. The van der Waals surface area contributed by atoms with Crippen molar-refractivity contribution in [2.24, 2.45) is 0 Å². The van der Waals surface area contributed by atoms with E-state index in [9.17, 15) is 0 Å². The van der Waals surface area contributed by atoms with E-state index < -0.39 is 0 Å². The van der Waals surface area contributed by atoms with E-state index in [1.807, 2.05) is 22.7 Å². The molecular weight excluding hydrogens is 244 g/mol. The van der Waals surface area contributed by atoms with Crippen LogP contribution in [0.15, 0.2) is 34.5 Å². The van der Waals surface area contributed by atoms with Crippen molar-refractivity contribution >= 4 is 22.7 Å². The molecule has 0 radical (unpaired) electrons. The molecule has 0 nitrogen and oxygen atoms in total. The van der Waals surface area contributed by atoms with Gasteiger partial charge < -0.3 is 0 Å². The minimum absolute atomic E-state index is 1.19. The van der Waals surface area contributed by atoms with Gasteiger partial charge in [0, 0.05) is 9.75 Å². The largest absolute Gasteiger partial charge is 0.143 e. The third kappa shape index (κ3) is 2.24. The predicted octanol–water partition coefficient (Wildman–Crippen LogP) is 5.30. The van der Waals surface area contributed by atoms with Gasteiger partial charge in [-0.2, -0.15) is 0 Å². The summed E-state index contributed by atoms with van der Waals surface area (Å²) in [5, 5.41) is 4.48. The minimum atomic E-state index is 1.19. The molecule has 0 bridgehead atoms. The van der Waals surface area contributed by atoms with Crippen LogP contribution in [0.5, 0.6) is 0 Å². The smallest absolute Gasteiger partial charge is 0.0477 e. The van der Waals surface area contributed by atoms with Crippen molar-refractivity contribution in [2.75, 3.05) is 0 Å². The highest BCUT2D eigenvalue weighted by Gasteiger charge is 2.13. The maximum absolute atomic E-state index is 2.42. The molecule has 88 valence electrons. The van der Waals surface area contributed by atoms with Crippen LogP contribution in [0.1, 0.15) is 30.9 Å². The molecule has 2 aromatic rings. The first-order chi connectivity index (χ1) is 8.34. The van der Waals surface area contributed by atoms with Crippen LogP contribution in [0.25, 0.3) is 9.75 Å². The molecule has 0 amide bonds. The number of fused-ring (bicyclic) bond motifs is 3. The van der Waals surface area contributed by atoms with Gasteiger partial charge in [-0.1, -0.05) is 11.6 Å². The monoisotopic (exact) mass is 260 g/mol. The number of hydrogen-bond acceptors (Lipinski definition) is 2. The predicted molar refractivity (Wildman–Crippen MR) is 78.0 cm³/mol. The van der Waals surface area contributed by atoms with E-state index in [2.05, 4.69) is 35.9 Å². The lowest BCUT2D eigenvalue weighted by molar-refractivity contribution is 0.909. The number of hydrogen-bond donors (Lipinski definition) is 0. The summed E-state index contributed by atoms with van der Waals surface area (Å²) in [6, 6.07) is 4.60. The Bertz CT molecular complexity index is 543. The lowest BCUT2D eigenvalue weighted by atomic mass is 10.00. The Morgan fingerprint density at radius 1 is 0.882 bits per heavy atom. The molecule has 3 rings (SSSR count). The normalized spacial score (nSPS) is 19.0. The van der Waals surface area contributed by atoms with Gasteiger partial charge in [0.2, 0.25) is 0 Å². The van der Waals surface area contributed by atoms with Crippen molar-refractivity contribution in [3.8, 4) is 9.75 Å². The van der Waals surface area contributed by atoms with Crippen LogP contribution >= 0.6 is 22.7 Å². The maximum Gasteiger partial charge on any atom is 0.0477 e. The summed E-state index contributed by atoms with van der Waals surface area (Å²) in [7, 11) is 0. The minimum Gasteiger partial charge on any atom is -0.143 e. The van der Waals surface area contributed by atoms with Crippen molar-refractivity contribution in [2.45, 2.75) is 32.6 Å². The highest BCUT2D eigenvalue weighted by Crippen LogP contribution is 2.38. The first-order valence-corrected chi connectivity index (χ1v) is 7.89. The molecule has 1 aliphatic rings. The summed E-state index contributed by atoms with van der Waals surface area (Å²) >= 11 is 3.81. The molecule has 0 saturated heterocycles. The zero-order valence-electron chi connectivity index (χ0n) is 10.0. The lowest BCUT2D eigenvalue weighted by Crippen LogP contribution is -1.92. The Balaban J connectivity index is 2.08. The van der Waals surface area contributed by atoms with E-state index in [1.165, 1.54) is 46.6 Å². The SMILES string of the molecule is C/C1=C\CCc2ccsc2-c2sccc2CC1. The fourth-order valence-electron chi connectivity index (χ4n) is 2.37. The van der Waals surface area contributed by atoms with Crippen LogP contribution in [-0.4, -0.2) is 0 Å². The molecular formula is C15H16S2. The summed E-state index contributed by atoms with van der Waals surface area (Å²) in [5.74, 6) is 0. The summed E-state index contributed by atoms with van der Waals surface area (Å²) < 4.78 is 0. The highest BCUT2D eigenvalue weighted by molar-refractivity contribution is 7.20. The van der Waals surface area contributed by atoms with Gasteiger partial charge in [0.1, 0.15) is 0 Å². The molecule has 0 N–H and O–H groups in total. The van der Waals surface area contributed by atoms with Gasteiger partial charge in [0.15, 0.2) is 0 Å². The molecule has 2 aromatic heterocycles. The zero-order chi connectivity index (χ0) is 11.7. The second-order valence-electron chi connectivity index (χ2n) is 4.64. The standard InChI is InChI=1S/C15H16S2/c1-11-3-2-4-12-7-9-16-14(12)15-13(6-5-11)8-10-17-15/h3,7-10H,2,4-6H2,1H3/b11-3+. The summed E-state index contributed by atoms with van der Waals surface area (Å²) in [4.78, 5) is 3.03. The van der Waals surface area contributed by atoms with E-state index in [-0.39, 0.29) is 0 Å². The highest BCUT2D eigenvalue weighted by atomic mass is 32.1. The molecule has 0 aliphatic heterocycles. The van der Waals surface area contributed by atoms with Crippen LogP contribution in [0.3, 0.4) is 0 Å².